The number of aliphatic hydroxyl groups is 1. The van der Waals surface area contributed by atoms with Crippen molar-refractivity contribution in [2.75, 3.05) is 6.61 Å². The molecule has 4 rings (SSSR count). The van der Waals surface area contributed by atoms with Crippen molar-refractivity contribution in [2.24, 2.45) is 23.2 Å². The normalized spacial score (nSPS) is 37.9. The van der Waals surface area contributed by atoms with E-state index in [1.165, 1.54) is 0 Å². The summed E-state index contributed by atoms with van der Waals surface area (Å²) in [7, 11) is -4.99. The highest BCUT2D eigenvalue weighted by Crippen LogP contribution is 2.60. The summed E-state index contributed by atoms with van der Waals surface area (Å²) in [6, 6.07) is 0. The molecule has 2 N–H and O–H groups in total. The van der Waals surface area contributed by atoms with Crippen LogP contribution in [0.3, 0.4) is 0 Å². The average Bonchev–Trinajstić information content (AvgIpc) is 2.42. The molecule has 0 saturated heterocycles. The first-order valence-electron chi connectivity index (χ1n) is 7.83. The summed E-state index contributed by atoms with van der Waals surface area (Å²) in [5, 5.41) is 6.85. The van der Waals surface area contributed by atoms with Crippen molar-refractivity contribution in [3.05, 3.63) is 12.8 Å². The predicted molar refractivity (Wildman–Crippen MR) is 79.3 cm³/mol. The van der Waals surface area contributed by atoms with Gasteiger partial charge in [-0.3, -0.25) is 9.35 Å². The van der Waals surface area contributed by atoms with Gasteiger partial charge in [0.05, 0.1) is 11.7 Å². The van der Waals surface area contributed by atoms with E-state index in [2.05, 4.69) is 11.3 Å². The van der Waals surface area contributed by atoms with Gasteiger partial charge in [-0.2, -0.15) is 8.42 Å². The lowest BCUT2D eigenvalue weighted by Crippen LogP contribution is -2.52. The van der Waals surface area contributed by atoms with Gasteiger partial charge < -0.3 is 14.6 Å². The fourth-order valence-corrected chi connectivity index (χ4v) is 5.37. The fraction of sp³-hybridized carbons (Fsp3) is 0.800. The second-order valence-electron chi connectivity index (χ2n) is 7.25. The topological polar surface area (TPSA) is 110 Å². The van der Waals surface area contributed by atoms with Crippen LogP contribution in [-0.4, -0.2) is 35.8 Å². The third-order valence-corrected chi connectivity index (χ3v) is 6.55. The van der Waals surface area contributed by atoms with Crippen LogP contribution in [0.1, 0.15) is 38.5 Å². The van der Waals surface area contributed by atoms with Crippen LogP contribution in [0.5, 0.6) is 0 Å². The van der Waals surface area contributed by atoms with Crippen LogP contribution in [0.25, 0.3) is 0 Å². The third-order valence-electron chi connectivity index (χ3n) is 5.53. The highest BCUT2D eigenvalue weighted by atomic mass is 32.2. The van der Waals surface area contributed by atoms with Crippen LogP contribution in [0.15, 0.2) is 12.8 Å². The molecule has 0 spiro atoms. The molecule has 0 aromatic rings. The standard InChI is InChI=1S/C15H22O7S/c1-2-22-15(17,23(18,19)20)9-21-13(16)14-6-10-3-11(7-14)5-12(4-10)8-14/h2,10-12,17H,1,3-9H2,(H,18,19,20). The van der Waals surface area contributed by atoms with E-state index in [4.69, 9.17) is 9.29 Å². The molecule has 4 saturated carbocycles. The molecule has 0 radical (unpaired) electrons. The van der Waals surface area contributed by atoms with Crippen LogP contribution in [-0.2, 0) is 24.4 Å². The first-order valence-corrected chi connectivity index (χ1v) is 9.27. The van der Waals surface area contributed by atoms with E-state index >= 15 is 0 Å². The SMILES string of the molecule is C=COC(O)(COC(=O)C12CC3CC(CC(C3)C1)C2)S(=O)(=O)O. The molecule has 8 heteroatoms. The zero-order valence-corrected chi connectivity index (χ0v) is 13.6. The number of carbonyl (C=O) groups excluding carboxylic acids is 1. The number of ether oxygens (including phenoxy) is 2. The molecule has 7 nitrogen and oxygen atoms in total. The van der Waals surface area contributed by atoms with Crippen LogP contribution in [0, 0.1) is 23.2 Å². The van der Waals surface area contributed by atoms with Crippen molar-refractivity contribution >= 4 is 16.1 Å². The van der Waals surface area contributed by atoms with Crippen LogP contribution in [0.4, 0.5) is 0 Å². The number of hydrogen-bond acceptors (Lipinski definition) is 6. The summed E-state index contributed by atoms with van der Waals surface area (Å²) in [4.78, 5) is 12.6. The second-order valence-corrected chi connectivity index (χ2v) is 8.83. The highest BCUT2D eigenvalue weighted by Gasteiger charge is 2.56. The van der Waals surface area contributed by atoms with Crippen LogP contribution in [0.2, 0.25) is 0 Å². The molecular weight excluding hydrogens is 324 g/mol. The van der Waals surface area contributed by atoms with Gasteiger partial charge in [-0.25, -0.2) is 0 Å². The van der Waals surface area contributed by atoms with Gasteiger partial charge in [-0.1, -0.05) is 6.58 Å². The van der Waals surface area contributed by atoms with Gasteiger partial charge in [-0.05, 0) is 56.3 Å². The summed E-state index contributed by atoms with van der Waals surface area (Å²) in [5.74, 6) is 1.07. The second kappa shape index (κ2) is 5.46. The lowest BCUT2D eigenvalue weighted by atomic mass is 9.49. The summed E-state index contributed by atoms with van der Waals surface area (Å²) < 4.78 is 41.1. The van der Waals surface area contributed by atoms with Gasteiger partial charge in [0, 0.05) is 0 Å². The first-order chi connectivity index (χ1) is 10.7. The van der Waals surface area contributed by atoms with Crippen molar-refractivity contribution < 1.29 is 32.3 Å². The minimum Gasteiger partial charge on any atom is -0.457 e. The molecule has 4 aliphatic carbocycles. The largest absolute Gasteiger partial charge is 0.457 e. The average molecular weight is 346 g/mol. The molecule has 4 bridgehead atoms. The molecule has 0 aromatic heterocycles. The molecule has 4 fully saturated rings. The maximum atomic E-state index is 12.6. The summed E-state index contributed by atoms with van der Waals surface area (Å²) in [5.41, 5.74) is -0.580. The first kappa shape index (κ1) is 16.7. The Morgan fingerprint density at radius 1 is 1.22 bits per heavy atom. The smallest absolute Gasteiger partial charge is 0.372 e. The van der Waals surface area contributed by atoms with Gasteiger partial charge >= 0.3 is 21.2 Å². The molecule has 0 aromatic carbocycles. The monoisotopic (exact) mass is 346 g/mol. The van der Waals surface area contributed by atoms with Crippen molar-refractivity contribution in [1.82, 2.24) is 0 Å². The molecule has 0 amide bonds. The third kappa shape index (κ3) is 2.88. The van der Waals surface area contributed by atoms with E-state index < -0.39 is 33.2 Å². The zero-order chi connectivity index (χ0) is 16.9. The zero-order valence-electron chi connectivity index (χ0n) is 12.8. The molecule has 0 heterocycles. The number of hydrogen-bond donors (Lipinski definition) is 2. The van der Waals surface area contributed by atoms with Crippen molar-refractivity contribution in [2.45, 2.75) is 43.6 Å². The minimum absolute atomic E-state index is 0.508. The summed E-state index contributed by atoms with van der Waals surface area (Å²) >= 11 is 0. The molecule has 1 atom stereocenters. The van der Waals surface area contributed by atoms with Crippen molar-refractivity contribution in [3.63, 3.8) is 0 Å². The Bertz CT molecular complexity index is 576. The molecule has 1 unspecified atom stereocenters. The van der Waals surface area contributed by atoms with Crippen molar-refractivity contribution in [3.8, 4) is 0 Å². The van der Waals surface area contributed by atoms with Crippen LogP contribution >= 0.6 is 0 Å². The Hall–Kier alpha value is -1.12. The Morgan fingerprint density at radius 2 is 1.70 bits per heavy atom. The predicted octanol–water partition coefficient (Wildman–Crippen LogP) is 1.44. The van der Waals surface area contributed by atoms with E-state index in [1.54, 1.807) is 0 Å². The Balaban J connectivity index is 1.71. The quantitative estimate of drug-likeness (QED) is 0.324. The highest BCUT2D eigenvalue weighted by molar-refractivity contribution is 7.86. The summed E-state index contributed by atoms with van der Waals surface area (Å²) in [6.07, 6.45) is 6.40. The Morgan fingerprint density at radius 3 is 2.09 bits per heavy atom. The van der Waals surface area contributed by atoms with E-state index in [9.17, 15) is 18.3 Å². The van der Waals surface area contributed by atoms with Gasteiger partial charge in [0.25, 0.3) is 0 Å². The molecule has 0 aliphatic heterocycles. The molecule has 23 heavy (non-hydrogen) atoms. The van der Waals surface area contributed by atoms with Crippen LogP contribution < -0.4 is 0 Å². The minimum atomic E-state index is -4.99. The lowest BCUT2D eigenvalue weighted by Gasteiger charge is -2.55. The Kier molecular flexibility index (Phi) is 3.97. The molecule has 130 valence electrons. The van der Waals surface area contributed by atoms with Crippen molar-refractivity contribution in [1.29, 1.82) is 0 Å². The van der Waals surface area contributed by atoms with Gasteiger partial charge in [0.2, 0.25) is 0 Å². The van der Waals surface area contributed by atoms with Gasteiger partial charge in [0.1, 0.15) is 0 Å². The lowest BCUT2D eigenvalue weighted by molar-refractivity contribution is -0.189. The fourth-order valence-electron chi connectivity index (χ4n) is 4.97. The maximum Gasteiger partial charge on any atom is 0.372 e. The molecular formula is C15H22O7S. The maximum absolute atomic E-state index is 12.6. The van der Waals surface area contributed by atoms with E-state index in [-0.39, 0.29) is 0 Å². The van der Waals surface area contributed by atoms with Gasteiger partial charge in [0.15, 0.2) is 6.61 Å². The number of esters is 1. The van der Waals surface area contributed by atoms with E-state index in [0.29, 0.717) is 24.0 Å². The summed E-state index contributed by atoms with van der Waals surface area (Å²) in [6.45, 7) is 2.15. The van der Waals surface area contributed by atoms with E-state index in [1.807, 2.05) is 0 Å². The Labute approximate surface area is 135 Å². The van der Waals surface area contributed by atoms with Gasteiger partial charge in [-0.15, -0.1) is 0 Å². The van der Waals surface area contributed by atoms with E-state index in [0.717, 1.165) is 38.5 Å². The number of carbonyl (C=O) groups is 1. The molecule has 4 aliphatic rings. The number of rotatable bonds is 6.